The maximum absolute atomic E-state index is 14.8. The zero-order chi connectivity index (χ0) is 37.7. The fourth-order valence-corrected chi connectivity index (χ4v) is 8.40. The van der Waals surface area contributed by atoms with E-state index in [2.05, 4.69) is 26.3 Å². The van der Waals surface area contributed by atoms with Gasteiger partial charge in [-0.2, -0.15) is 0 Å². The molecule has 0 aromatic rings. The van der Waals surface area contributed by atoms with E-state index in [0.717, 1.165) is 70.1 Å². The molecule has 288 valence electrons. The third kappa shape index (κ3) is 9.37. The van der Waals surface area contributed by atoms with Crippen LogP contribution in [0.25, 0.3) is 0 Å². The van der Waals surface area contributed by atoms with Gasteiger partial charge in [0.2, 0.25) is 23.6 Å². The number of hydrogen-bond acceptors (Lipinski definition) is 9. The Kier molecular flexibility index (Phi) is 12.7. The Labute approximate surface area is 305 Å². The molecule has 1 saturated heterocycles. The van der Waals surface area contributed by atoms with Crippen molar-refractivity contribution in [2.75, 3.05) is 0 Å². The lowest BCUT2D eigenvalue weighted by Crippen LogP contribution is -2.63. The number of aliphatic hydroxyl groups is 1. The minimum Gasteiger partial charge on any atom is -0.381 e. The molecule has 2 heterocycles. The highest BCUT2D eigenvalue weighted by Gasteiger charge is 2.51. The van der Waals surface area contributed by atoms with E-state index in [1.54, 1.807) is 4.90 Å². The van der Waals surface area contributed by atoms with Crippen LogP contribution in [0.4, 0.5) is 0 Å². The highest BCUT2D eigenvalue weighted by Crippen LogP contribution is 2.41. The molecule has 0 radical (unpaired) electrons. The summed E-state index contributed by atoms with van der Waals surface area (Å²) in [6.07, 6.45) is 11.5. The highest BCUT2D eigenvalue weighted by atomic mass is 16.6. The summed E-state index contributed by atoms with van der Waals surface area (Å²) in [7, 11) is 0. The molecule has 5 rings (SSSR count). The molecule has 3 aliphatic carbocycles. The molecule has 3 saturated carbocycles. The molecule has 1 unspecified atom stereocenters. The van der Waals surface area contributed by atoms with Crippen LogP contribution in [0.15, 0.2) is 16.8 Å². The second kappa shape index (κ2) is 16.9. The first-order chi connectivity index (χ1) is 24.7. The molecule has 52 heavy (non-hydrogen) atoms. The van der Waals surface area contributed by atoms with E-state index in [-0.39, 0.29) is 35.5 Å². The summed E-state index contributed by atoms with van der Waals surface area (Å²) < 4.78 is 0. The van der Waals surface area contributed by atoms with Crippen molar-refractivity contribution in [3.05, 3.63) is 21.9 Å². The number of carbonyl (C=O) groups is 5. The van der Waals surface area contributed by atoms with Gasteiger partial charge in [0.15, 0.2) is 12.1 Å². The minimum absolute atomic E-state index is 0.0521. The predicted molar refractivity (Wildman–Crippen MR) is 192 cm³/mol. The van der Waals surface area contributed by atoms with Gasteiger partial charge in [-0.15, -0.1) is 0 Å². The SMILES string of the molecule is CCC[C@H](NC(=O)[C@@H]1C[C@@H]2CCCC[C@@H]2N1C(=O)[C@@H](NC(=O)[C@@H](NC(=O)C1C=C([N+](=O)[O-])C=N1)C1CCCCC1)C(C)(C)C)[C@@H](O)C(=O)NC1CC1. The molecule has 5 N–H and O–H groups in total. The molecule has 0 aromatic heterocycles. The first-order valence-electron chi connectivity index (χ1n) is 19.3. The van der Waals surface area contributed by atoms with Crippen LogP contribution in [0.5, 0.6) is 0 Å². The van der Waals surface area contributed by atoms with Gasteiger partial charge in [0.25, 0.3) is 11.6 Å². The standard InChI is InChI=1S/C37H57N7O8/c1-5-11-25(30(45)35(49)39-23-16-17-23)40-33(47)28-18-22-14-9-10-15-27(22)43(28)36(50)31(37(2,3)4)42-34(48)29(21-12-7-6-8-13-21)41-32(46)26-19-24(20-38-26)44(51)52/h19-23,25-31,45H,5-18H2,1-4H3,(H,39,49)(H,40,47)(H,41,46)(H,42,48)/t22-,25-,26?,27-,28-,29-,30+,31+/m0/s1. The summed E-state index contributed by atoms with van der Waals surface area (Å²) in [5, 5.41) is 33.7. The first kappa shape index (κ1) is 39.3. The van der Waals surface area contributed by atoms with Crippen LogP contribution < -0.4 is 21.3 Å². The number of fused-ring (bicyclic) bond motifs is 1. The molecule has 0 bridgehead atoms. The minimum atomic E-state index is -1.43. The molecule has 15 nitrogen and oxygen atoms in total. The Balaban J connectivity index is 1.37. The number of aliphatic hydroxyl groups excluding tert-OH is 1. The number of likely N-dealkylation sites (tertiary alicyclic amines) is 1. The molecule has 0 spiro atoms. The van der Waals surface area contributed by atoms with Crippen molar-refractivity contribution in [3.63, 3.8) is 0 Å². The van der Waals surface area contributed by atoms with Gasteiger partial charge >= 0.3 is 0 Å². The van der Waals surface area contributed by atoms with Gasteiger partial charge in [0.1, 0.15) is 24.3 Å². The third-order valence-corrected chi connectivity index (χ3v) is 11.4. The van der Waals surface area contributed by atoms with E-state index in [1.165, 1.54) is 0 Å². The van der Waals surface area contributed by atoms with Gasteiger partial charge in [-0.1, -0.05) is 66.2 Å². The largest absolute Gasteiger partial charge is 0.381 e. The Hall–Kier alpha value is -3.88. The van der Waals surface area contributed by atoms with Crippen molar-refractivity contribution in [2.45, 2.75) is 166 Å². The average molecular weight is 728 g/mol. The van der Waals surface area contributed by atoms with Gasteiger partial charge in [-0.3, -0.25) is 39.1 Å². The number of nitrogens with one attached hydrogen (secondary N) is 4. The van der Waals surface area contributed by atoms with E-state index >= 15 is 0 Å². The Morgan fingerprint density at radius 3 is 2.23 bits per heavy atom. The van der Waals surface area contributed by atoms with Crippen molar-refractivity contribution in [1.82, 2.24) is 26.2 Å². The van der Waals surface area contributed by atoms with Crippen molar-refractivity contribution in [1.29, 1.82) is 0 Å². The maximum Gasteiger partial charge on any atom is 0.285 e. The fourth-order valence-electron chi connectivity index (χ4n) is 8.40. The Morgan fingerprint density at radius 1 is 0.942 bits per heavy atom. The fraction of sp³-hybridized carbons (Fsp3) is 0.784. The monoisotopic (exact) mass is 727 g/mol. The van der Waals surface area contributed by atoms with Gasteiger partial charge in [-0.05, 0) is 68.6 Å². The van der Waals surface area contributed by atoms with Gasteiger partial charge < -0.3 is 31.3 Å². The number of aliphatic imine (C=N–C) groups is 1. The second-order valence-electron chi connectivity index (χ2n) is 16.5. The normalized spacial score (nSPS) is 27.0. The quantitative estimate of drug-likeness (QED) is 0.132. The Morgan fingerprint density at radius 2 is 1.62 bits per heavy atom. The maximum atomic E-state index is 14.8. The van der Waals surface area contributed by atoms with Crippen LogP contribution in [0.2, 0.25) is 0 Å². The number of hydrogen-bond donors (Lipinski definition) is 5. The van der Waals surface area contributed by atoms with Gasteiger partial charge in [0, 0.05) is 18.2 Å². The number of carbonyl (C=O) groups excluding carboxylic acids is 5. The van der Waals surface area contributed by atoms with E-state index < -0.39 is 70.3 Å². The lowest BCUT2D eigenvalue weighted by Gasteiger charge is -2.40. The molecule has 4 fully saturated rings. The summed E-state index contributed by atoms with van der Waals surface area (Å²) in [5.74, 6) is -2.60. The van der Waals surface area contributed by atoms with Crippen LogP contribution >= 0.6 is 0 Å². The molecular weight excluding hydrogens is 670 g/mol. The summed E-state index contributed by atoms with van der Waals surface area (Å²) in [5.41, 5.74) is -1.08. The molecular formula is C37H57N7O8. The zero-order valence-electron chi connectivity index (χ0n) is 31.0. The molecule has 0 aromatic carbocycles. The lowest BCUT2D eigenvalue weighted by molar-refractivity contribution is -0.414. The topological polar surface area (TPSA) is 212 Å². The number of amides is 5. The average Bonchev–Trinajstić information content (AvgIpc) is 3.62. The lowest BCUT2D eigenvalue weighted by atomic mass is 9.81. The van der Waals surface area contributed by atoms with E-state index in [9.17, 15) is 39.2 Å². The second-order valence-corrected chi connectivity index (χ2v) is 16.5. The summed E-state index contributed by atoms with van der Waals surface area (Å²) >= 11 is 0. The molecule has 8 atom stereocenters. The van der Waals surface area contributed by atoms with E-state index in [4.69, 9.17) is 0 Å². The zero-order valence-corrected chi connectivity index (χ0v) is 31.0. The van der Waals surface area contributed by atoms with Crippen molar-refractivity contribution >= 4 is 35.8 Å². The summed E-state index contributed by atoms with van der Waals surface area (Å²) in [6.45, 7) is 7.44. The number of nitro groups is 1. The van der Waals surface area contributed by atoms with Crippen LogP contribution in [0.3, 0.4) is 0 Å². The highest BCUT2D eigenvalue weighted by molar-refractivity contribution is 5.97. The Bertz CT molecular complexity index is 1430. The van der Waals surface area contributed by atoms with E-state index in [0.29, 0.717) is 32.1 Å². The number of allylic oxidation sites excluding steroid dienone is 1. The molecule has 2 aliphatic heterocycles. The predicted octanol–water partition coefficient (Wildman–Crippen LogP) is 2.28. The van der Waals surface area contributed by atoms with Crippen molar-refractivity contribution in [2.24, 2.45) is 22.2 Å². The van der Waals surface area contributed by atoms with Crippen LogP contribution in [-0.4, -0.2) is 99.1 Å². The van der Waals surface area contributed by atoms with Gasteiger partial charge in [-0.25, -0.2) is 0 Å². The van der Waals surface area contributed by atoms with Crippen LogP contribution in [-0.2, 0) is 24.0 Å². The van der Waals surface area contributed by atoms with Crippen LogP contribution in [0.1, 0.15) is 118 Å². The number of rotatable bonds is 14. The van der Waals surface area contributed by atoms with Gasteiger partial charge in [0.05, 0.1) is 11.0 Å². The van der Waals surface area contributed by atoms with E-state index in [1.807, 2.05) is 27.7 Å². The smallest absolute Gasteiger partial charge is 0.285 e. The van der Waals surface area contributed by atoms with Crippen molar-refractivity contribution in [3.8, 4) is 0 Å². The number of nitrogens with zero attached hydrogens (tertiary/aromatic N) is 3. The summed E-state index contributed by atoms with van der Waals surface area (Å²) in [6, 6.07) is -5.01. The first-order valence-corrected chi connectivity index (χ1v) is 19.3. The van der Waals surface area contributed by atoms with Crippen molar-refractivity contribution < 1.29 is 34.0 Å². The molecule has 15 heteroatoms. The summed E-state index contributed by atoms with van der Waals surface area (Å²) in [4.78, 5) is 85.6. The van der Waals surface area contributed by atoms with Crippen LogP contribution in [0, 0.1) is 27.4 Å². The third-order valence-electron chi connectivity index (χ3n) is 11.4. The molecule has 5 aliphatic rings. The molecule has 5 amide bonds.